The number of aryl methyl sites for hydroxylation is 2. The normalized spacial score (nSPS) is 11.2. The SMILES string of the molecule is CCn1c(=O)c(C)nc2cc(C(=O)Nc3nc4ccccc4s3)ccc21. The number of nitrogens with one attached hydrogen (secondary N) is 1. The maximum Gasteiger partial charge on any atom is 0.272 e. The third kappa shape index (κ3) is 2.76. The third-order valence-electron chi connectivity index (χ3n) is 4.20. The first kappa shape index (κ1) is 16.4. The van der Waals surface area contributed by atoms with E-state index >= 15 is 0 Å². The standard InChI is InChI=1S/C19H16N4O2S/c1-3-23-15-9-8-12(10-14(15)20-11(2)18(23)25)17(24)22-19-21-13-6-4-5-7-16(13)26-19/h4-10H,3H2,1-2H3,(H,21,22,24). The van der Waals surface area contributed by atoms with Gasteiger partial charge in [0.05, 0.1) is 21.3 Å². The van der Waals surface area contributed by atoms with Crippen molar-refractivity contribution in [2.45, 2.75) is 20.4 Å². The van der Waals surface area contributed by atoms with Gasteiger partial charge in [-0.25, -0.2) is 9.97 Å². The number of amides is 1. The molecule has 2 aromatic heterocycles. The quantitative estimate of drug-likeness (QED) is 0.603. The van der Waals surface area contributed by atoms with Crippen LogP contribution in [0.2, 0.25) is 0 Å². The molecule has 0 saturated carbocycles. The lowest BCUT2D eigenvalue weighted by atomic mass is 10.1. The van der Waals surface area contributed by atoms with Gasteiger partial charge in [0, 0.05) is 12.1 Å². The summed E-state index contributed by atoms with van der Waals surface area (Å²) in [5.41, 5.74) is 3.00. The Balaban J connectivity index is 1.70. The molecule has 0 aliphatic carbocycles. The zero-order chi connectivity index (χ0) is 18.3. The summed E-state index contributed by atoms with van der Waals surface area (Å²) in [5, 5.41) is 3.39. The Kier molecular flexibility index (Phi) is 4.00. The Morgan fingerprint density at radius 3 is 2.73 bits per heavy atom. The predicted molar refractivity (Wildman–Crippen MR) is 104 cm³/mol. The molecule has 0 bridgehead atoms. The number of nitrogens with zero attached hydrogens (tertiary/aromatic N) is 3. The van der Waals surface area contributed by atoms with Crippen molar-refractivity contribution in [2.24, 2.45) is 0 Å². The molecule has 2 heterocycles. The number of rotatable bonds is 3. The molecule has 0 spiro atoms. The van der Waals surface area contributed by atoms with Crippen LogP contribution in [0, 0.1) is 6.92 Å². The van der Waals surface area contributed by atoms with Gasteiger partial charge in [-0.05, 0) is 44.2 Å². The first-order chi connectivity index (χ1) is 12.6. The Bertz CT molecular complexity index is 1180. The molecular formula is C19H16N4O2S. The molecule has 1 N–H and O–H groups in total. The number of thiazole rings is 1. The molecule has 0 unspecified atom stereocenters. The van der Waals surface area contributed by atoms with E-state index in [0.29, 0.717) is 28.5 Å². The van der Waals surface area contributed by atoms with Gasteiger partial charge >= 0.3 is 0 Å². The fourth-order valence-electron chi connectivity index (χ4n) is 2.92. The molecule has 0 aliphatic rings. The monoisotopic (exact) mass is 364 g/mol. The Labute approximate surface area is 153 Å². The number of anilines is 1. The highest BCUT2D eigenvalue weighted by atomic mass is 32.1. The minimum absolute atomic E-state index is 0.105. The summed E-state index contributed by atoms with van der Waals surface area (Å²) in [6.45, 7) is 4.14. The lowest BCUT2D eigenvalue weighted by Gasteiger charge is -2.10. The molecule has 6 nitrogen and oxygen atoms in total. The van der Waals surface area contributed by atoms with Crippen LogP contribution in [0.4, 0.5) is 5.13 Å². The van der Waals surface area contributed by atoms with Gasteiger partial charge in [-0.2, -0.15) is 0 Å². The highest BCUT2D eigenvalue weighted by Crippen LogP contribution is 2.26. The van der Waals surface area contributed by atoms with Crippen molar-refractivity contribution in [1.82, 2.24) is 14.5 Å². The number of para-hydroxylation sites is 1. The van der Waals surface area contributed by atoms with E-state index in [1.807, 2.05) is 31.2 Å². The predicted octanol–water partition coefficient (Wildman–Crippen LogP) is 3.59. The topological polar surface area (TPSA) is 76.9 Å². The minimum Gasteiger partial charge on any atom is -0.305 e. The lowest BCUT2D eigenvalue weighted by molar-refractivity contribution is 0.102. The Morgan fingerprint density at radius 2 is 1.96 bits per heavy atom. The number of hydrogen-bond donors (Lipinski definition) is 1. The molecule has 26 heavy (non-hydrogen) atoms. The van der Waals surface area contributed by atoms with Crippen LogP contribution in [-0.2, 0) is 6.54 Å². The van der Waals surface area contributed by atoms with E-state index in [-0.39, 0.29) is 11.5 Å². The van der Waals surface area contributed by atoms with E-state index in [9.17, 15) is 9.59 Å². The molecule has 2 aromatic carbocycles. The van der Waals surface area contributed by atoms with E-state index in [1.54, 1.807) is 29.7 Å². The van der Waals surface area contributed by atoms with E-state index in [0.717, 1.165) is 15.7 Å². The molecule has 0 radical (unpaired) electrons. The molecule has 130 valence electrons. The summed E-state index contributed by atoms with van der Waals surface area (Å²) in [6.07, 6.45) is 0. The zero-order valence-electron chi connectivity index (χ0n) is 14.3. The molecule has 4 aromatic rings. The molecule has 1 amide bonds. The van der Waals surface area contributed by atoms with Crippen molar-refractivity contribution in [1.29, 1.82) is 0 Å². The number of aromatic nitrogens is 3. The Hall–Kier alpha value is -3.06. The summed E-state index contributed by atoms with van der Waals surface area (Å²) < 4.78 is 2.68. The third-order valence-corrected chi connectivity index (χ3v) is 5.15. The van der Waals surface area contributed by atoms with Gasteiger partial charge in [0.15, 0.2) is 5.13 Å². The van der Waals surface area contributed by atoms with Crippen LogP contribution in [0.3, 0.4) is 0 Å². The van der Waals surface area contributed by atoms with Crippen LogP contribution in [0.25, 0.3) is 21.3 Å². The molecule has 0 fully saturated rings. The number of benzene rings is 2. The highest BCUT2D eigenvalue weighted by Gasteiger charge is 2.13. The molecular weight excluding hydrogens is 348 g/mol. The van der Waals surface area contributed by atoms with E-state index in [1.165, 1.54) is 11.3 Å². The molecule has 0 atom stereocenters. The van der Waals surface area contributed by atoms with Gasteiger partial charge < -0.3 is 4.57 Å². The Morgan fingerprint density at radius 1 is 1.15 bits per heavy atom. The summed E-state index contributed by atoms with van der Waals surface area (Å²) in [5.74, 6) is -0.250. The molecule has 0 aliphatic heterocycles. The number of carbonyl (C=O) groups excluding carboxylic acids is 1. The van der Waals surface area contributed by atoms with Crippen LogP contribution in [-0.4, -0.2) is 20.4 Å². The fraction of sp³-hybridized carbons (Fsp3) is 0.158. The maximum absolute atomic E-state index is 12.6. The van der Waals surface area contributed by atoms with Gasteiger partial charge in [0.2, 0.25) is 0 Å². The van der Waals surface area contributed by atoms with Crippen molar-refractivity contribution >= 4 is 43.6 Å². The number of carbonyl (C=O) groups is 1. The van der Waals surface area contributed by atoms with Gasteiger partial charge in [0.25, 0.3) is 11.5 Å². The van der Waals surface area contributed by atoms with Crippen molar-refractivity contribution in [3.8, 4) is 0 Å². The van der Waals surface area contributed by atoms with Crippen LogP contribution in [0.5, 0.6) is 0 Å². The summed E-state index contributed by atoms with van der Waals surface area (Å²) in [6, 6.07) is 12.9. The second kappa shape index (κ2) is 6.34. The fourth-order valence-corrected chi connectivity index (χ4v) is 3.79. The highest BCUT2D eigenvalue weighted by molar-refractivity contribution is 7.22. The zero-order valence-corrected chi connectivity index (χ0v) is 15.1. The van der Waals surface area contributed by atoms with Crippen molar-refractivity contribution < 1.29 is 4.79 Å². The van der Waals surface area contributed by atoms with E-state index in [4.69, 9.17) is 0 Å². The smallest absolute Gasteiger partial charge is 0.272 e. The number of hydrogen-bond acceptors (Lipinski definition) is 5. The second-order valence-corrected chi connectivity index (χ2v) is 6.92. The van der Waals surface area contributed by atoms with Crippen LogP contribution in [0.15, 0.2) is 47.3 Å². The average Bonchev–Trinajstić information content (AvgIpc) is 3.04. The van der Waals surface area contributed by atoms with Gasteiger partial charge in [-0.15, -0.1) is 0 Å². The second-order valence-electron chi connectivity index (χ2n) is 5.89. The minimum atomic E-state index is -0.250. The summed E-state index contributed by atoms with van der Waals surface area (Å²) in [7, 11) is 0. The van der Waals surface area contributed by atoms with Crippen molar-refractivity contribution in [3.63, 3.8) is 0 Å². The first-order valence-electron chi connectivity index (χ1n) is 8.25. The van der Waals surface area contributed by atoms with E-state index in [2.05, 4.69) is 15.3 Å². The molecule has 0 saturated heterocycles. The first-order valence-corrected chi connectivity index (χ1v) is 9.06. The number of fused-ring (bicyclic) bond motifs is 2. The summed E-state index contributed by atoms with van der Waals surface area (Å²) in [4.78, 5) is 33.5. The average molecular weight is 364 g/mol. The lowest BCUT2D eigenvalue weighted by Crippen LogP contribution is -2.23. The summed E-state index contributed by atoms with van der Waals surface area (Å²) >= 11 is 1.43. The van der Waals surface area contributed by atoms with Crippen LogP contribution in [0.1, 0.15) is 23.0 Å². The van der Waals surface area contributed by atoms with Gasteiger partial charge in [-0.1, -0.05) is 23.5 Å². The van der Waals surface area contributed by atoms with Crippen LogP contribution < -0.4 is 10.9 Å². The largest absolute Gasteiger partial charge is 0.305 e. The molecule has 4 rings (SSSR count). The molecule has 7 heteroatoms. The van der Waals surface area contributed by atoms with Gasteiger partial charge in [-0.3, -0.25) is 14.9 Å². The van der Waals surface area contributed by atoms with E-state index < -0.39 is 0 Å². The van der Waals surface area contributed by atoms with Crippen LogP contribution >= 0.6 is 11.3 Å². The maximum atomic E-state index is 12.6. The van der Waals surface area contributed by atoms with Crippen molar-refractivity contribution in [2.75, 3.05) is 5.32 Å². The van der Waals surface area contributed by atoms with Gasteiger partial charge in [0.1, 0.15) is 5.69 Å². The van der Waals surface area contributed by atoms with Crippen molar-refractivity contribution in [3.05, 3.63) is 64.1 Å².